The summed E-state index contributed by atoms with van der Waals surface area (Å²) in [5, 5.41) is 0. The van der Waals surface area contributed by atoms with E-state index in [2.05, 4.69) is 49.7 Å². The molecule has 0 unspecified atom stereocenters. The molecule has 1 aromatic rings. The molecule has 0 fully saturated rings. The molecule has 1 aliphatic rings. The first kappa shape index (κ1) is 10.2. The van der Waals surface area contributed by atoms with E-state index in [9.17, 15) is 0 Å². The molecule has 0 nitrogen and oxygen atoms in total. The van der Waals surface area contributed by atoms with E-state index >= 15 is 0 Å². The largest absolute Gasteiger partial charge is 0.0593 e. The van der Waals surface area contributed by atoms with E-state index in [4.69, 9.17) is 0 Å². The molecule has 0 aliphatic heterocycles. The van der Waals surface area contributed by atoms with Crippen LogP contribution in [0.5, 0.6) is 0 Å². The van der Waals surface area contributed by atoms with Crippen LogP contribution >= 0.6 is 15.9 Å². The minimum Gasteiger partial charge on any atom is -0.0593 e. The van der Waals surface area contributed by atoms with Crippen molar-refractivity contribution in [3.05, 3.63) is 32.8 Å². The minimum absolute atomic E-state index is 0.448. The van der Waals surface area contributed by atoms with Gasteiger partial charge in [0.05, 0.1) is 0 Å². The van der Waals surface area contributed by atoms with E-state index in [1.807, 2.05) is 0 Å². The summed E-state index contributed by atoms with van der Waals surface area (Å²) in [4.78, 5) is 0. The first-order chi connectivity index (χ1) is 6.41. The third-order valence-corrected chi connectivity index (χ3v) is 4.30. The fourth-order valence-corrected chi connectivity index (χ4v) is 3.03. The maximum Gasteiger partial charge on any atom is 0.0239 e. The third kappa shape index (κ3) is 1.52. The van der Waals surface area contributed by atoms with Gasteiger partial charge in [-0.3, -0.25) is 0 Å². The van der Waals surface area contributed by atoms with E-state index < -0.39 is 0 Å². The lowest BCUT2D eigenvalue weighted by molar-refractivity contribution is 0.392. The molecule has 14 heavy (non-hydrogen) atoms. The number of hydrogen-bond donors (Lipinski definition) is 0. The van der Waals surface area contributed by atoms with Crippen molar-refractivity contribution in [2.75, 3.05) is 0 Å². The zero-order valence-corrected chi connectivity index (χ0v) is 11.0. The Morgan fingerprint density at radius 3 is 2.29 bits per heavy atom. The Labute approximate surface area is 94.8 Å². The predicted octanol–water partition coefficient (Wildman–Crippen LogP) is 4.19. The summed E-state index contributed by atoms with van der Waals surface area (Å²) in [6, 6.07) is 2.30. The van der Waals surface area contributed by atoms with Gasteiger partial charge in [0.25, 0.3) is 0 Å². The molecule has 0 amide bonds. The van der Waals surface area contributed by atoms with Gasteiger partial charge >= 0.3 is 0 Å². The van der Waals surface area contributed by atoms with Gasteiger partial charge in [0, 0.05) is 4.47 Å². The zero-order chi connectivity index (χ0) is 10.5. The second kappa shape index (κ2) is 3.10. The smallest absolute Gasteiger partial charge is 0.0239 e. The first-order valence-corrected chi connectivity index (χ1v) is 5.97. The molecule has 0 radical (unpaired) electrons. The van der Waals surface area contributed by atoms with Crippen molar-refractivity contribution in [1.29, 1.82) is 0 Å². The number of fused-ring (bicyclic) bond motifs is 1. The van der Waals surface area contributed by atoms with Crippen molar-refractivity contribution in [3.63, 3.8) is 0 Å². The fourth-order valence-electron chi connectivity index (χ4n) is 2.53. The monoisotopic (exact) mass is 252 g/mol. The number of hydrogen-bond acceptors (Lipinski definition) is 0. The molecular weight excluding hydrogens is 236 g/mol. The highest BCUT2D eigenvalue weighted by molar-refractivity contribution is 9.10. The van der Waals surface area contributed by atoms with Crippen LogP contribution in [-0.4, -0.2) is 0 Å². The topological polar surface area (TPSA) is 0 Å². The Kier molecular flexibility index (Phi) is 2.26. The van der Waals surface area contributed by atoms with Crippen molar-refractivity contribution in [2.45, 2.75) is 40.5 Å². The Hall–Kier alpha value is -0.300. The zero-order valence-electron chi connectivity index (χ0n) is 9.37. The molecule has 1 aromatic carbocycles. The van der Waals surface area contributed by atoms with E-state index in [0.29, 0.717) is 5.41 Å². The Morgan fingerprint density at radius 1 is 1.07 bits per heavy atom. The van der Waals surface area contributed by atoms with Crippen molar-refractivity contribution in [1.82, 2.24) is 0 Å². The molecule has 2 rings (SSSR count). The van der Waals surface area contributed by atoms with Gasteiger partial charge in [-0.2, -0.15) is 0 Å². The predicted molar refractivity (Wildman–Crippen MR) is 64.8 cm³/mol. The molecular formula is C13H17Br. The molecule has 0 saturated carbocycles. The van der Waals surface area contributed by atoms with Gasteiger partial charge in [-0.15, -0.1) is 0 Å². The van der Waals surface area contributed by atoms with E-state index in [-0.39, 0.29) is 0 Å². The fraction of sp³-hybridized carbons (Fsp3) is 0.538. The molecule has 76 valence electrons. The first-order valence-electron chi connectivity index (χ1n) is 5.18. The SMILES string of the molecule is Cc1cc(C)c2c(c1Br)CC(C)(C)C2. The normalized spacial score (nSPS) is 18.4. The summed E-state index contributed by atoms with van der Waals surface area (Å²) in [6.07, 6.45) is 2.44. The maximum absolute atomic E-state index is 3.72. The third-order valence-electron chi connectivity index (χ3n) is 3.20. The van der Waals surface area contributed by atoms with Crippen LogP contribution in [0.4, 0.5) is 0 Å². The van der Waals surface area contributed by atoms with Gasteiger partial charge in [0.15, 0.2) is 0 Å². The number of halogens is 1. The average molecular weight is 253 g/mol. The van der Waals surface area contributed by atoms with Gasteiger partial charge in [-0.25, -0.2) is 0 Å². The lowest BCUT2D eigenvalue weighted by Gasteiger charge is -2.15. The summed E-state index contributed by atoms with van der Waals surface area (Å²) >= 11 is 3.72. The molecule has 0 aromatic heterocycles. The second-order valence-corrected chi connectivity index (χ2v) is 6.09. The van der Waals surface area contributed by atoms with E-state index in [1.165, 1.54) is 28.4 Å². The molecule has 0 N–H and O–H groups in total. The summed E-state index contributed by atoms with van der Waals surface area (Å²) < 4.78 is 1.34. The lowest BCUT2D eigenvalue weighted by atomic mass is 9.90. The number of aryl methyl sites for hydroxylation is 2. The van der Waals surface area contributed by atoms with Crippen LogP contribution in [0.2, 0.25) is 0 Å². The molecule has 1 aliphatic carbocycles. The van der Waals surface area contributed by atoms with E-state index in [0.717, 1.165) is 0 Å². The van der Waals surface area contributed by atoms with Crippen LogP contribution in [0.3, 0.4) is 0 Å². The summed E-state index contributed by atoms with van der Waals surface area (Å²) in [5.74, 6) is 0. The maximum atomic E-state index is 3.72. The van der Waals surface area contributed by atoms with Crippen LogP contribution in [0.15, 0.2) is 10.5 Å². The van der Waals surface area contributed by atoms with Crippen molar-refractivity contribution in [3.8, 4) is 0 Å². The van der Waals surface area contributed by atoms with Crippen LogP contribution < -0.4 is 0 Å². The van der Waals surface area contributed by atoms with Crippen LogP contribution in [0, 0.1) is 19.3 Å². The molecule has 1 heteroatoms. The van der Waals surface area contributed by atoms with E-state index in [1.54, 1.807) is 11.1 Å². The average Bonchev–Trinajstić information content (AvgIpc) is 2.38. The molecule has 0 spiro atoms. The Bertz CT molecular complexity index is 389. The lowest BCUT2D eigenvalue weighted by Crippen LogP contribution is -2.09. The van der Waals surface area contributed by atoms with Gasteiger partial charge in [0.2, 0.25) is 0 Å². The quantitative estimate of drug-likeness (QED) is 0.650. The summed E-state index contributed by atoms with van der Waals surface area (Å²) in [7, 11) is 0. The molecule has 0 heterocycles. The highest BCUT2D eigenvalue weighted by atomic mass is 79.9. The Morgan fingerprint density at radius 2 is 1.64 bits per heavy atom. The van der Waals surface area contributed by atoms with Gasteiger partial charge < -0.3 is 0 Å². The summed E-state index contributed by atoms with van der Waals surface area (Å²) in [5.41, 5.74) is 6.41. The standard InChI is InChI=1S/C13H17Br/c1-8-5-9(2)12(14)11-7-13(3,4)6-10(8)11/h5H,6-7H2,1-4H3. The number of rotatable bonds is 0. The summed E-state index contributed by atoms with van der Waals surface area (Å²) in [6.45, 7) is 9.13. The van der Waals surface area contributed by atoms with Crippen LogP contribution in [-0.2, 0) is 12.8 Å². The second-order valence-electron chi connectivity index (χ2n) is 5.30. The van der Waals surface area contributed by atoms with Gasteiger partial charge in [-0.1, -0.05) is 35.8 Å². The highest BCUT2D eigenvalue weighted by Crippen LogP contribution is 2.42. The van der Waals surface area contributed by atoms with Crippen molar-refractivity contribution >= 4 is 15.9 Å². The van der Waals surface area contributed by atoms with Gasteiger partial charge in [0.1, 0.15) is 0 Å². The van der Waals surface area contributed by atoms with Crippen LogP contribution in [0.25, 0.3) is 0 Å². The van der Waals surface area contributed by atoms with Crippen molar-refractivity contribution in [2.24, 2.45) is 5.41 Å². The highest BCUT2D eigenvalue weighted by Gasteiger charge is 2.31. The van der Waals surface area contributed by atoms with Crippen molar-refractivity contribution < 1.29 is 0 Å². The minimum atomic E-state index is 0.448. The number of benzene rings is 1. The molecule has 0 bridgehead atoms. The Balaban J connectivity index is 2.61. The van der Waals surface area contributed by atoms with Gasteiger partial charge in [-0.05, 0) is 54.4 Å². The van der Waals surface area contributed by atoms with Crippen LogP contribution in [0.1, 0.15) is 36.1 Å². The molecule has 0 saturated heterocycles. The molecule has 0 atom stereocenters.